The van der Waals surface area contributed by atoms with Gasteiger partial charge in [-0.15, -0.1) is 11.3 Å². The molecule has 0 saturated heterocycles. The Balaban J connectivity index is 2.20. The summed E-state index contributed by atoms with van der Waals surface area (Å²) in [4.78, 5) is 4.44. The van der Waals surface area contributed by atoms with Crippen LogP contribution in [0.1, 0.15) is 22.3 Å². The molecule has 1 heterocycles. The lowest BCUT2D eigenvalue weighted by molar-refractivity contribution is 0.405. The topological polar surface area (TPSA) is 48.1 Å². The van der Waals surface area contributed by atoms with E-state index in [1.54, 1.807) is 18.4 Å². The van der Waals surface area contributed by atoms with Gasteiger partial charge in [-0.25, -0.2) is 4.98 Å². The summed E-state index contributed by atoms with van der Waals surface area (Å²) >= 11 is 5.07. The molecule has 0 radical (unpaired) electrons. The SMILES string of the molecule is COc1cc(Br)ccc1C(N)Cc1nc(C)cs1. The van der Waals surface area contributed by atoms with Gasteiger partial charge in [0, 0.05) is 33.6 Å². The van der Waals surface area contributed by atoms with Gasteiger partial charge < -0.3 is 10.5 Å². The number of rotatable bonds is 4. The Morgan fingerprint density at radius 1 is 1.50 bits per heavy atom. The number of ether oxygens (including phenoxy) is 1. The minimum atomic E-state index is -0.0985. The highest BCUT2D eigenvalue weighted by molar-refractivity contribution is 9.10. The number of hydrogen-bond donors (Lipinski definition) is 1. The first-order chi connectivity index (χ1) is 8.60. The molecular formula is C13H15BrN2OS. The Morgan fingerprint density at radius 3 is 2.89 bits per heavy atom. The summed E-state index contributed by atoms with van der Waals surface area (Å²) in [5.41, 5.74) is 8.29. The van der Waals surface area contributed by atoms with Gasteiger partial charge in [-0.2, -0.15) is 0 Å². The summed E-state index contributed by atoms with van der Waals surface area (Å²) in [6.07, 6.45) is 0.733. The van der Waals surface area contributed by atoms with Gasteiger partial charge in [0.1, 0.15) is 5.75 Å². The van der Waals surface area contributed by atoms with E-state index in [0.29, 0.717) is 0 Å². The standard InChI is InChI=1S/C13H15BrN2OS/c1-8-7-18-13(16-8)6-11(15)10-4-3-9(14)5-12(10)17-2/h3-5,7,11H,6,15H2,1-2H3. The average molecular weight is 327 g/mol. The van der Waals surface area contributed by atoms with Gasteiger partial charge in [0.2, 0.25) is 0 Å². The zero-order valence-electron chi connectivity index (χ0n) is 10.3. The Kier molecular flexibility index (Phi) is 4.37. The Labute approximate surface area is 119 Å². The van der Waals surface area contributed by atoms with Gasteiger partial charge in [-0.05, 0) is 19.1 Å². The molecule has 0 aliphatic rings. The van der Waals surface area contributed by atoms with Gasteiger partial charge in [-0.1, -0.05) is 22.0 Å². The third-order valence-electron chi connectivity index (χ3n) is 2.66. The van der Waals surface area contributed by atoms with E-state index in [-0.39, 0.29) is 6.04 Å². The van der Waals surface area contributed by atoms with Crippen molar-refractivity contribution in [2.24, 2.45) is 5.73 Å². The molecule has 0 amide bonds. The molecule has 2 aromatic rings. The van der Waals surface area contributed by atoms with Crippen molar-refractivity contribution >= 4 is 27.3 Å². The number of halogens is 1. The lowest BCUT2D eigenvalue weighted by Crippen LogP contribution is -2.14. The van der Waals surface area contributed by atoms with Crippen LogP contribution in [0, 0.1) is 6.92 Å². The summed E-state index contributed by atoms with van der Waals surface area (Å²) in [7, 11) is 1.66. The predicted octanol–water partition coefficient (Wildman–Crippen LogP) is 3.47. The summed E-state index contributed by atoms with van der Waals surface area (Å²) in [5, 5.41) is 3.10. The lowest BCUT2D eigenvalue weighted by Gasteiger charge is -2.14. The number of benzene rings is 1. The van der Waals surface area contributed by atoms with Crippen molar-refractivity contribution in [2.75, 3.05) is 7.11 Å². The monoisotopic (exact) mass is 326 g/mol. The summed E-state index contributed by atoms with van der Waals surface area (Å²) in [5.74, 6) is 0.810. The van der Waals surface area contributed by atoms with Crippen molar-refractivity contribution in [3.8, 4) is 5.75 Å². The molecular weight excluding hydrogens is 312 g/mol. The Morgan fingerprint density at radius 2 is 2.28 bits per heavy atom. The van der Waals surface area contributed by atoms with E-state index in [1.807, 2.05) is 30.5 Å². The minimum Gasteiger partial charge on any atom is -0.496 e. The molecule has 2 rings (SSSR count). The number of nitrogens with zero attached hydrogens (tertiary/aromatic N) is 1. The molecule has 0 bridgehead atoms. The van der Waals surface area contributed by atoms with Crippen molar-refractivity contribution in [3.05, 3.63) is 44.3 Å². The predicted molar refractivity (Wildman–Crippen MR) is 78.2 cm³/mol. The molecule has 0 aliphatic heterocycles. The van der Waals surface area contributed by atoms with Crippen LogP contribution in [0.5, 0.6) is 5.75 Å². The van der Waals surface area contributed by atoms with E-state index >= 15 is 0 Å². The Hall–Kier alpha value is -0.910. The first kappa shape index (κ1) is 13.5. The third kappa shape index (κ3) is 3.10. The molecule has 5 heteroatoms. The number of nitrogens with two attached hydrogens (primary N) is 1. The molecule has 3 nitrogen and oxygen atoms in total. The molecule has 0 aliphatic carbocycles. The molecule has 96 valence electrons. The van der Waals surface area contributed by atoms with Crippen LogP contribution in [0.2, 0.25) is 0 Å². The summed E-state index contributed by atoms with van der Waals surface area (Å²) in [6, 6.07) is 5.81. The highest BCUT2D eigenvalue weighted by Gasteiger charge is 2.14. The maximum atomic E-state index is 6.23. The lowest BCUT2D eigenvalue weighted by atomic mass is 10.0. The van der Waals surface area contributed by atoms with Crippen LogP contribution >= 0.6 is 27.3 Å². The number of methoxy groups -OCH3 is 1. The maximum Gasteiger partial charge on any atom is 0.124 e. The summed E-state index contributed by atoms with van der Waals surface area (Å²) in [6.45, 7) is 1.99. The molecule has 1 aromatic carbocycles. The molecule has 0 fully saturated rings. The largest absolute Gasteiger partial charge is 0.496 e. The number of aryl methyl sites for hydroxylation is 1. The molecule has 1 atom stereocenters. The molecule has 1 aromatic heterocycles. The van der Waals surface area contributed by atoms with E-state index < -0.39 is 0 Å². The van der Waals surface area contributed by atoms with E-state index in [9.17, 15) is 0 Å². The van der Waals surface area contributed by atoms with Crippen molar-refractivity contribution in [1.29, 1.82) is 0 Å². The summed E-state index contributed by atoms with van der Waals surface area (Å²) < 4.78 is 6.35. The van der Waals surface area contributed by atoms with Crippen LogP contribution in [-0.4, -0.2) is 12.1 Å². The van der Waals surface area contributed by atoms with Gasteiger partial charge in [-0.3, -0.25) is 0 Å². The first-order valence-corrected chi connectivity index (χ1v) is 7.27. The highest BCUT2D eigenvalue weighted by atomic mass is 79.9. The van der Waals surface area contributed by atoms with Gasteiger partial charge in [0.15, 0.2) is 0 Å². The van der Waals surface area contributed by atoms with E-state index in [2.05, 4.69) is 20.9 Å². The fourth-order valence-electron chi connectivity index (χ4n) is 1.79. The molecule has 1 unspecified atom stereocenters. The van der Waals surface area contributed by atoms with Gasteiger partial charge >= 0.3 is 0 Å². The highest BCUT2D eigenvalue weighted by Crippen LogP contribution is 2.29. The fourth-order valence-corrected chi connectivity index (χ4v) is 2.96. The minimum absolute atomic E-state index is 0.0985. The van der Waals surface area contributed by atoms with Crippen LogP contribution < -0.4 is 10.5 Å². The normalized spacial score (nSPS) is 12.4. The molecule has 0 saturated carbocycles. The number of hydrogen-bond acceptors (Lipinski definition) is 4. The second-order valence-corrected chi connectivity index (χ2v) is 5.94. The average Bonchev–Trinajstić information content (AvgIpc) is 2.74. The zero-order valence-corrected chi connectivity index (χ0v) is 12.7. The molecule has 2 N–H and O–H groups in total. The van der Waals surface area contributed by atoms with Crippen molar-refractivity contribution in [1.82, 2.24) is 4.98 Å². The van der Waals surface area contributed by atoms with Crippen molar-refractivity contribution in [3.63, 3.8) is 0 Å². The second kappa shape index (κ2) is 5.82. The fraction of sp³-hybridized carbons (Fsp3) is 0.308. The van der Waals surface area contributed by atoms with Crippen LogP contribution in [0.15, 0.2) is 28.1 Å². The van der Waals surface area contributed by atoms with Crippen LogP contribution in [-0.2, 0) is 6.42 Å². The smallest absolute Gasteiger partial charge is 0.124 e. The van der Waals surface area contributed by atoms with E-state index in [0.717, 1.165) is 32.9 Å². The maximum absolute atomic E-state index is 6.23. The number of aromatic nitrogens is 1. The third-order valence-corrected chi connectivity index (χ3v) is 4.14. The number of thiazole rings is 1. The van der Waals surface area contributed by atoms with Gasteiger partial charge in [0.25, 0.3) is 0 Å². The zero-order chi connectivity index (χ0) is 13.1. The van der Waals surface area contributed by atoms with Crippen LogP contribution in [0.4, 0.5) is 0 Å². The van der Waals surface area contributed by atoms with Crippen molar-refractivity contribution < 1.29 is 4.74 Å². The van der Waals surface area contributed by atoms with Gasteiger partial charge in [0.05, 0.1) is 12.1 Å². The second-order valence-electron chi connectivity index (χ2n) is 4.08. The Bertz CT molecular complexity index is 542. The van der Waals surface area contributed by atoms with E-state index in [1.165, 1.54) is 0 Å². The van der Waals surface area contributed by atoms with Crippen molar-refractivity contribution in [2.45, 2.75) is 19.4 Å². The van der Waals surface area contributed by atoms with Crippen LogP contribution in [0.25, 0.3) is 0 Å². The first-order valence-electron chi connectivity index (χ1n) is 5.60. The van der Waals surface area contributed by atoms with Crippen LogP contribution in [0.3, 0.4) is 0 Å². The molecule has 18 heavy (non-hydrogen) atoms. The molecule has 0 spiro atoms. The van der Waals surface area contributed by atoms with E-state index in [4.69, 9.17) is 10.5 Å². The quantitative estimate of drug-likeness (QED) is 0.935.